The number of nitrogens with zero attached hydrogens (tertiary/aromatic N) is 3. The summed E-state index contributed by atoms with van der Waals surface area (Å²) < 4.78 is 5.38. The third-order valence-corrected chi connectivity index (χ3v) is 4.09. The third-order valence-electron chi connectivity index (χ3n) is 4.09. The number of hydrogen-bond donors (Lipinski definition) is 1. The van der Waals surface area contributed by atoms with Gasteiger partial charge in [0.05, 0.1) is 18.9 Å². The lowest BCUT2D eigenvalue weighted by Gasteiger charge is -2.32. The smallest absolute Gasteiger partial charge is 0.339 e. The highest BCUT2D eigenvalue weighted by atomic mass is 16.5. The van der Waals surface area contributed by atoms with E-state index in [1.807, 2.05) is 0 Å². The first kappa shape index (κ1) is 13.3. The largest absolute Gasteiger partial charge is 0.478 e. The Morgan fingerprint density at radius 1 is 1.35 bits per heavy atom. The fourth-order valence-corrected chi connectivity index (χ4v) is 3.03. The Bertz CT molecular complexity index is 488. The van der Waals surface area contributed by atoms with E-state index in [1.54, 1.807) is 12.3 Å². The predicted molar refractivity (Wildman–Crippen MR) is 74.2 cm³/mol. The molecule has 3 rings (SSSR count). The third kappa shape index (κ3) is 2.62. The van der Waals surface area contributed by atoms with E-state index >= 15 is 0 Å². The van der Waals surface area contributed by atoms with Gasteiger partial charge in [-0.25, -0.2) is 4.79 Å². The Morgan fingerprint density at radius 2 is 2.15 bits per heavy atom. The molecule has 0 amide bonds. The number of aromatic nitrogens is 1. The molecule has 0 saturated carbocycles. The van der Waals surface area contributed by atoms with Gasteiger partial charge in [0, 0.05) is 44.6 Å². The van der Waals surface area contributed by atoms with Gasteiger partial charge in [-0.05, 0) is 12.5 Å². The molecule has 108 valence electrons. The highest BCUT2D eigenvalue weighted by Gasteiger charge is 2.30. The van der Waals surface area contributed by atoms with Crippen molar-refractivity contribution in [3.05, 3.63) is 24.0 Å². The van der Waals surface area contributed by atoms with E-state index in [9.17, 15) is 9.90 Å². The summed E-state index contributed by atoms with van der Waals surface area (Å²) >= 11 is 0. The summed E-state index contributed by atoms with van der Waals surface area (Å²) in [5.74, 6) is -0.914. The van der Waals surface area contributed by atoms with Crippen LogP contribution in [0.15, 0.2) is 18.5 Å². The fraction of sp³-hybridized carbons (Fsp3) is 0.571. The summed E-state index contributed by atoms with van der Waals surface area (Å²) in [5, 5.41) is 9.25. The molecule has 6 heteroatoms. The summed E-state index contributed by atoms with van der Waals surface area (Å²) in [4.78, 5) is 19.8. The molecule has 0 bridgehead atoms. The molecule has 3 heterocycles. The molecule has 1 aromatic heterocycles. The number of ether oxygens (including phenoxy) is 1. The second-order valence-corrected chi connectivity index (χ2v) is 5.23. The van der Waals surface area contributed by atoms with Crippen LogP contribution >= 0.6 is 0 Å². The van der Waals surface area contributed by atoms with Gasteiger partial charge in [0.15, 0.2) is 0 Å². The summed E-state index contributed by atoms with van der Waals surface area (Å²) in [5.41, 5.74) is 1.07. The summed E-state index contributed by atoms with van der Waals surface area (Å²) in [6, 6.07) is 2.29. The van der Waals surface area contributed by atoms with Crippen LogP contribution in [0.4, 0.5) is 5.69 Å². The topological polar surface area (TPSA) is 65.9 Å². The van der Waals surface area contributed by atoms with Crippen LogP contribution < -0.4 is 4.90 Å². The van der Waals surface area contributed by atoms with E-state index < -0.39 is 5.97 Å². The zero-order chi connectivity index (χ0) is 13.9. The van der Waals surface area contributed by atoms with Crippen LogP contribution in [0.25, 0.3) is 0 Å². The van der Waals surface area contributed by atoms with Crippen molar-refractivity contribution >= 4 is 11.7 Å². The number of hydrogen-bond acceptors (Lipinski definition) is 5. The minimum Gasteiger partial charge on any atom is -0.478 e. The van der Waals surface area contributed by atoms with Crippen molar-refractivity contribution in [2.45, 2.75) is 12.5 Å². The lowest BCUT2D eigenvalue weighted by atomic mass is 10.2. The van der Waals surface area contributed by atoms with Crippen LogP contribution in [0.2, 0.25) is 0 Å². The number of carbonyl (C=O) groups is 1. The summed E-state index contributed by atoms with van der Waals surface area (Å²) in [6.07, 6.45) is 4.16. The van der Waals surface area contributed by atoms with E-state index in [0.717, 1.165) is 51.5 Å². The molecule has 2 aliphatic heterocycles. The quantitative estimate of drug-likeness (QED) is 0.877. The van der Waals surface area contributed by atoms with Gasteiger partial charge in [-0.1, -0.05) is 0 Å². The van der Waals surface area contributed by atoms with E-state index in [1.165, 1.54) is 6.20 Å². The van der Waals surface area contributed by atoms with Crippen LogP contribution in [-0.2, 0) is 4.74 Å². The molecular weight excluding hydrogens is 258 g/mol. The van der Waals surface area contributed by atoms with E-state index in [0.29, 0.717) is 6.04 Å². The van der Waals surface area contributed by atoms with Gasteiger partial charge < -0.3 is 14.7 Å². The Balaban J connectivity index is 1.72. The van der Waals surface area contributed by atoms with Crippen LogP contribution in [0.3, 0.4) is 0 Å². The fourth-order valence-electron chi connectivity index (χ4n) is 3.03. The average molecular weight is 277 g/mol. The number of rotatable bonds is 3. The maximum atomic E-state index is 11.3. The molecule has 2 saturated heterocycles. The van der Waals surface area contributed by atoms with Crippen LogP contribution in [0.5, 0.6) is 0 Å². The highest BCUT2D eigenvalue weighted by Crippen LogP contribution is 2.26. The van der Waals surface area contributed by atoms with Crippen molar-refractivity contribution in [3.8, 4) is 0 Å². The molecule has 1 aromatic rings. The highest BCUT2D eigenvalue weighted by molar-refractivity contribution is 5.94. The second kappa shape index (κ2) is 5.76. The van der Waals surface area contributed by atoms with Gasteiger partial charge in [-0.2, -0.15) is 0 Å². The predicted octanol–water partition coefficient (Wildman–Crippen LogP) is 0.691. The number of anilines is 1. The Hall–Kier alpha value is -1.66. The zero-order valence-electron chi connectivity index (χ0n) is 11.4. The SMILES string of the molecule is O=C(O)c1cnccc1N1CCC(N2CCOCC2)C1. The van der Waals surface area contributed by atoms with Gasteiger partial charge in [-0.15, -0.1) is 0 Å². The monoisotopic (exact) mass is 277 g/mol. The summed E-state index contributed by atoms with van der Waals surface area (Å²) in [6.45, 7) is 5.32. The molecule has 0 spiro atoms. The van der Waals surface area contributed by atoms with Crippen molar-refractivity contribution in [1.82, 2.24) is 9.88 Å². The van der Waals surface area contributed by atoms with Crippen molar-refractivity contribution in [3.63, 3.8) is 0 Å². The van der Waals surface area contributed by atoms with Crippen LogP contribution in [0, 0.1) is 0 Å². The normalized spacial score (nSPS) is 24.0. The molecule has 2 fully saturated rings. The first-order valence-electron chi connectivity index (χ1n) is 7.00. The number of aromatic carboxylic acids is 1. The van der Waals surface area contributed by atoms with Gasteiger partial charge in [0.1, 0.15) is 5.56 Å². The summed E-state index contributed by atoms with van der Waals surface area (Å²) in [7, 11) is 0. The molecule has 0 aliphatic carbocycles. The molecule has 20 heavy (non-hydrogen) atoms. The zero-order valence-corrected chi connectivity index (χ0v) is 11.4. The Kier molecular flexibility index (Phi) is 3.84. The number of carboxylic acids is 1. The van der Waals surface area contributed by atoms with E-state index in [-0.39, 0.29) is 5.56 Å². The number of carboxylic acid groups (broad SMARTS) is 1. The molecular formula is C14H19N3O3. The van der Waals surface area contributed by atoms with Gasteiger partial charge >= 0.3 is 5.97 Å². The molecule has 1 unspecified atom stereocenters. The van der Waals surface area contributed by atoms with E-state index in [4.69, 9.17) is 4.74 Å². The van der Waals surface area contributed by atoms with E-state index in [2.05, 4.69) is 14.8 Å². The maximum Gasteiger partial charge on any atom is 0.339 e. The van der Waals surface area contributed by atoms with Crippen molar-refractivity contribution in [1.29, 1.82) is 0 Å². The first-order valence-corrected chi connectivity index (χ1v) is 7.00. The Labute approximate surface area is 118 Å². The lowest BCUT2D eigenvalue weighted by molar-refractivity contribution is 0.0209. The van der Waals surface area contributed by atoms with Crippen molar-refractivity contribution in [2.24, 2.45) is 0 Å². The number of pyridine rings is 1. The molecule has 6 nitrogen and oxygen atoms in total. The van der Waals surface area contributed by atoms with Gasteiger partial charge in [0.25, 0.3) is 0 Å². The molecule has 2 aliphatic rings. The van der Waals surface area contributed by atoms with Crippen molar-refractivity contribution < 1.29 is 14.6 Å². The second-order valence-electron chi connectivity index (χ2n) is 5.23. The van der Waals surface area contributed by atoms with Crippen molar-refractivity contribution in [2.75, 3.05) is 44.3 Å². The number of morpholine rings is 1. The Morgan fingerprint density at radius 3 is 2.90 bits per heavy atom. The van der Waals surface area contributed by atoms with Crippen LogP contribution in [0.1, 0.15) is 16.8 Å². The van der Waals surface area contributed by atoms with Gasteiger partial charge in [0.2, 0.25) is 0 Å². The van der Waals surface area contributed by atoms with Gasteiger partial charge in [-0.3, -0.25) is 9.88 Å². The standard InChI is InChI=1S/C14H19N3O3/c18-14(19)12-9-15-3-1-13(12)17-4-2-11(10-17)16-5-7-20-8-6-16/h1,3,9,11H,2,4-8,10H2,(H,18,19). The average Bonchev–Trinajstić information content (AvgIpc) is 2.98. The minimum atomic E-state index is -0.914. The lowest BCUT2D eigenvalue weighted by Crippen LogP contribution is -2.44. The molecule has 0 radical (unpaired) electrons. The first-order chi connectivity index (χ1) is 9.75. The van der Waals surface area contributed by atoms with Crippen LogP contribution in [-0.4, -0.2) is 66.4 Å². The minimum absolute atomic E-state index is 0.287. The molecule has 1 atom stereocenters. The maximum absolute atomic E-state index is 11.3. The molecule has 1 N–H and O–H groups in total. The molecule has 0 aromatic carbocycles.